The first kappa shape index (κ1) is 21.4. The van der Waals surface area contributed by atoms with Gasteiger partial charge in [-0.05, 0) is 60.2 Å². The summed E-state index contributed by atoms with van der Waals surface area (Å²) in [6.45, 7) is -0.460. The molecule has 0 aliphatic heterocycles. The number of aromatic nitrogens is 1. The number of nitrogens with two attached hydrogens (primary N) is 1. The number of benzene rings is 2. The number of fused-ring (bicyclic) bond motifs is 2. The van der Waals surface area contributed by atoms with E-state index >= 15 is 0 Å². The van der Waals surface area contributed by atoms with Gasteiger partial charge in [0.25, 0.3) is 5.91 Å². The van der Waals surface area contributed by atoms with Crippen molar-refractivity contribution >= 4 is 34.4 Å². The number of nitrogens with zero attached hydrogens (tertiary/aromatic N) is 1. The van der Waals surface area contributed by atoms with Crippen molar-refractivity contribution < 1.29 is 23.8 Å². The smallest absolute Gasteiger partial charge is 0.339 e. The Bertz CT molecular complexity index is 1230. The van der Waals surface area contributed by atoms with E-state index < -0.39 is 18.5 Å². The summed E-state index contributed by atoms with van der Waals surface area (Å²) in [4.78, 5) is 29.0. The van der Waals surface area contributed by atoms with E-state index in [9.17, 15) is 9.59 Å². The normalized spacial score (nSPS) is 14.1. The van der Waals surface area contributed by atoms with Gasteiger partial charge in [0.1, 0.15) is 0 Å². The Labute approximate surface area is 185 Å². The quantitative estimate of drug-likeness (QED) is 0.595. The number of allylic oxidation sites excluding steroid dienone is 1. The third-order valence-corrected chi connectivity index (χ3v) is 5.47. The lowest BCUT2D eigenvalue weighted by atomic mass is 9.86. The van der Waals surface area contributed by atoms with Crippen molar-refractivity contribution in [3.8, 4) is 11.5 Å². The molecule has 2 aromatic carbocycles. The average Bonchev–Trinajstić information content (AvgIpc) is 2.81. The summed E-state index contributed by atoms with van der Waals surface area (Å²) in [6, 6.07) is 13.1. The Morgan fingerprint density at radius 2 is 1.84 bits per heavy atom. The molecule has 1 aliphatic carbocycles. The van der Waals surface area contributed by atoms with Gasteiger partial charge in [-0.2, -0.15) is 0 Å². The summed E-state index contributed by atoms with van der Waals surface area (Å²) < 4.78 is 15.9. The Balaban J connectivity index is 1.85. The van der Waals surface area contributed by atoms with Crippen LogP contribution in [0.5, 0.6) is 11.5 Å². The van der Waals surface area contributed by atoms with Gasteiger partial charge in [0.15, 0.2) is 18.1 Å². The Hall–Kier alpha value is -3.87. The van der Waals surface area contributed by atoms with E-state index in [4.69, 9.17) is 24.9 Å². The zero-order valence-electron chi connectivity index (χ0n) is 18.0. The van der Waals surface area contributed by atoms with Gasteiger partial charge >= 0.3 is 5.97 Å². The molecule has 164 valence electrons. The van der Waals surface area contributed by atoms with Crippen LogP contribution in [0.3, 0.4) is 0 Å². The second-order valence-corrected chi connectivity index (χ2v) is 7.51. The number of ether oxygens (including phenoxy) is 3. The van der Waals surface area contributed by atoms with Gasteiger partial charge in [0, 0.05) is 5.39 Å². The molecule has 0 saturated carbocycles. The van der Waals surface area contributed by atoms with Crippen molar-refractivity contribution in [2.24, 2.45) is 5.73 Å². The van der Waals surface area contributed by atoms with Gasteiger partial charge in [-0.1, -0.05) is 24.3 Å². The fourth-order valence-electron chi connectivity index (χ4n) is 4.06. The predicted octanol–water partition coefficient (Wildman–Crippen LogP) is 3.77. The van der Waals surface area contributed by atoms with Gasteiger partial charge in [0.05, 0.1) is 31.0 Å². The largest absolute Gasteiger partial charge is 0.493 e. The molecule has 7 heteroatoms. The van der Waals surface area contributed by atoms with E-state index in [-0.39, 0.29) is 0 Å². The van der Waals surface area contributed by atoms with Crippen molar-refractivity contribution in [1.82, 2.24) is 4.98 Å². The van der Waals surface area contributed by atoms with Gasteiger partial charge < -0.3 is 19.9 Å². The first-order valence-corrected chi connectivity index (χ1v) is 10.3. The molecule has 2 N–H and O–H groups in total. The molecule has 0 unspecified atom stereocenters. The van der Waals surface area contributed by atoms with Crippen molar-refractivity contribution in [3.63, 3.8) is 0 Å². The van der Waals surface area contributed by atoms with Crippen LogP contribution in [0.15, 0.2) is 42.5 Å². The van der Waals surface area contributed by atoms with Crippen LogP contribution in [-0.4, -0.2) is 37.7 Å². The highest BCUT2D eigenvalue weighted by molar-refractivity contribution is 6.07. The fourth-order valence-corrected chi connectivity index (χ4v) is 4.06. The number of amides is 1. The lowest BCUT2D eigenvalue weighted by molar-refractivity contribution is -0.121. The first-order valence-electron chi connectivity index (χ1n) is 10.3. The van der Waals surface area contributed by atoms with Crippen molar-refractivity contribution in [1.29, 1.82) is 0 Å². The highest BCUT2D eigenvalue weighted by atomic mass is 16.5. The number of rotatable bonds is 6. The van der Waals surface area contributed by atoms with Crippen LogP contribution >= 0.6 is 0 Å². The lowest BCUT2D eigenvalue weighted by Gasteiger charge is -2.22. The van der Waals surface area contributed by atoms with E-state index in [0.717, 1.165) is 35.2 Å². The van der Waals surface area contributed by atoms with Gasteiger partial charge in [-0.3, -0.25) is 4.79 Å². The van der Waals surface area contributed by atoms with E-state index in [1.165, 1.54) is 0 Å². The molecular formula is C25H24N2O5. The van der Waals surface area contributed by atoms with E-state index in [2.05, 4.69) is 6.08 Å². The van der Waals surface area contributed by atoms with Crippen LogP contribution in [0.4, 0.5) is 0 Å². The molecule has 7 nitrogen and oxygen atoms in total. The minimum atomic E-state index is -0.695. The number of hydrogen-bond acceptors (Lipinski definition) is 6. The molecule has 0 bridgehead atoms. The molecular weight excluding hydrogens is 408 g/mol. The topological polar surface area (TPSA) is 101 Å². The fraction of sp³-hybridized carbons (Fsp3) is 0.240. The number of pyridine rings is 1. The van der Waals surface area contributed by atoms with Crippen LogP contribution in [0.25, 0.3) is 22.6 Å². The van der Waals surface area contributed by atoms with Crippen LogP contribution in [0.1, 0.15) is 40.0 Å². The summed E-state index contributed by atoms with van der Waals surface area (Å²) in [5.74, 6) is 0.0352. The Morgan fingerprint density at radius 3 is 2.59 bits per heavy atom. The maximum atomic E-state index is 12.9. The van der Waals surface area contributed by atoms with Gasteiger partial charge in [-0.25, -0.2) is 9.78 Å². The van der Waals surface area contributed by atoms with Crippen LogP contribution in [0, 0.1) is 0 Å². The zero-order valence-corrected chi connectivity index (χ0v) is 18.0. The number of esters is 1. The van der Waals surface area contributed by atoms with E-state index in [1.807, 2.05) is 42.5 Å². The number of methoxy groups -OCH3 is 2. The first-order chi connectivity index (χ1) is 15.5. The third-order valence-electron chi connectivity index (χ3n) is 5.47. The second kappa shape index (κ2) is 9.09. The summed E-state index contributed by atoms with van der Waals surface area (Å²) in [5.41, 5.74) is 9.87. The Morgan fingerprint density at radius 1 is 1.06 bits per heavy atom. The molecule has 3 aromatic rings. The third kappa shape index (κ3) is 4.14. The molecule has 32 heavy (non-hydrogen) atoms. The standard InChI is InChI=1S/C25H24N2O5/c1-30-20-11-10-15(13-21(20)31-2)12-16-6-5-8-18-23(25(29)32-14-22(26)28)17-7-3-4-9-19(17)27-24(16)18/h3-4,7,9-13H,5-6,8,14H2,1-2H3,(H2,26,28). The molecule has 4 rings (SSSR count). The molecule has 0 spiro atoms. The average molecular weight is 432 g/mol. The summed E-state index contributed by atoms with van der Waals surface area (Å²) in [6.07, 6.45) is 4.43. The highest BCUT2D eigenvalue weighted by Crippen LogP contribution is 2.37. The maximum Gasteiger partial charge on any atom is 0.339 e. The van der Waals surface area contributed by atoms with Crippen LogP contribution in [0.2, 0.25) is 0 Å². The molecule has 0 radical (unpaired) electrons. The zero-order chi connectivity index (χ0) is 22.7. The minimum Gasteiger partial charge on any atom is -0.493 e. The molecule has 1 heterocycles. The summed E-state index contributed by atoms with van der Waals surface area (Å²) >= 11 is 0. The second-order valence-electron chi connectivity index (χ2n) is 7.51. The number of carbonyl (C=O) groups excluding carboxylic acids is 2. The number of primary amides is 1. The predicted molar refractivity (Wildman–Crippen MR) is 122 cm³/mol. The minimum absolute atomic E-state index is 0.449. The molecule has 1 amide bonds. The lowest BCUT2D eigenvalue weighted by Crippen LogP contribution is -2.22. The Kier molecular flexibility index (Phi) is 6.07. The van der Waals surface area contributed by atoms with Crippen LogP contribution in [-0.2, 0) is 16.0 Å². The number of hydrogen-bond donors (Lipinski definition) is 1. The monoisotopic (exact) mass is 432 g/mol. The molecule has 1 aromatic heterocycles. The molecule has 1 aliphatic rings. The van der Waals surface area contributed by atoms with Crippen molar-refractivity contribution in [2.75, 3.05) is 20.8 Å². The number of carbonyl (C=O) groups is 2. The SMILES string of the molecule is COc1ccc(C=C2CCCc3c2nc2ccccc2c3C(=O)OCC(N)=O)cc1OC. The van der Waals surface area contributed by atoms with Gasteiger partial charge in [0.2, 0.25) is 0 Å². The van der Waals surface area contributed by atoms with Crippen molar-refractivity contribution in [2.45, 2.75) is 19.3 Å². The molecule has 0 saturated heterocycles. The van der Waals surface area contributed by atoms with E-state index in [1.54, 1.807) is 14.2 Å². The maximum absolute atomic E-state index is 12.9. The summed E-state index contributed by atoms with van der Waals surface area (Å²) in [7, 11) is 3.20. The van der Waals surface area contributed by atoms with Crippen LogP contribution < -0.4 is 15.2 Å². The van der Waals surface area contributed by atoms with Crippen molar-refractivity contribution in [3.05, 3.63) is 64.8 Å². The van der Waals surface area contributed by atoms with Gasteiger partial charge in [-0.15, -0.1) is 0 Å². The van der Waals surface area contributed by atoms with E-state index in [0.29, 0.717) is 34.4 Å². The molecule has 0 atom stereocenters. The molecule has 0 fully saturated rings. The summed E-state index contributed by atoms with van der Waals surface area (Å²) in [5, 5.41) is 0.702. The number of para-hydroxylation sites is 1. The highest BCUT2D eigenvalue weighted by Gasteiger charge is 2.26.